The van der Waals surface area contributed by atoms with Crippen LogP contribution in [0.25, 0.3) is 0 Å². The first-order chi connectivity index (χ1) is 10.7. The number of rotatable bonds is 8. The lowest BCUT2D eigenvalue weighted by atomic mass is 9.96. The standard InChI is InChI=1S/C15H21N5OS/c1-3-12(13-7-5-4-6-8-13)11-16-14(21)9-10-22-15-17-18-19-20(15)2/h4-8,12H,3,9-11H2,1-2H3,(H,16,21)/t12-/m1/s1. The van der Waals surface area contributed by atoms with Crippen molar-refractivity contribution in [2.24, 2.45) is 7.05 Å². The average molecular weight is 319 g/mol. The lowest BCUT2D eigenvalue weighted by Crippen LogP contribution is -2.28. The molecule has 0 radical (unpaired) electrons. The van der Waals surface area contributed by atoms with Crippen molar-refractivity contribution in [3.05, 3.63) is 35.9 Å². The van der Waals surface area contributed by atoms with E-state index in [1.165, 1.54) is 17.3 Å². The van der Waals surface area contributed by atoms with Crippen molar-refractivity contribution < 1.29 is 4.79 Å². The van der Waals surface area contributed by atoms with E-state index in [1.807, 2.05) is 18.2 Å². The molecule has 0 bridgehead atoms. The van der Waals surface area contributed by atoms with Gasteiger partial charge >= 0.3 is 0 Å². The van der Waals surface area contributed by atoms with Crippen LogP contribution in [0.3, 0.4) is 0 Å². The van der Waals surface area contributed by atoms with Gasteiger partial charge < -0.3 is 5.32 Å². The summed E-state index contributed by atoms with van der Waals surface area (Å²) in [6.45, 7) is 2.82. The van der Waals surface area contributed by atoms with E-state index in [0.717, 1.165) is 11.6 Å². The third-order valence-corrected chi connectivity index (χ3v) is 4.46. The number of carbonyl (C=O) groups excluding carboxylic acids is 1. The Kier molecular flexibility index (Phi) is 6.39. The van der Waals surface area contributed by atoms with Gasteiger partial charge in [-0.15, -0.1) is 5.10 Å². The van der Waals surface area contributed by atoms with Crippen LogP contribution >= 0.6 is 11.8 Å². The smallest absolute Gasteiger partial charge is 0.220 e. The Morgan fingerprint density at radius 2 is 2.14 bits per heavy atom. The monoisotopic (exact) mass is 319 g/mol. The number of nitrogens with one attached hydrogen (secondary N) is 1. The fourth-order valence-electron chi connectivity index (χ4n) is 2.13. The third kappa shape index (κ3) is 4.84. The van der Waals surface area contributed by atoms with E-state index in [9.17, 15) is 4.79 Å². The molecule has 1 atom stereocenters. The Labute approximate surface area is 134 Å². The van der Waals surface area contributed by atoms with Crippen LogP contribution in [0.15, 0.2) is 35.5 Å². The molecule has 1 aromatic heterocycles. The Morgan fingerprint density at radius 3 is 2.77 bits per heavy atom. The lowest BCUT2D eigenvalue weighted by Gasteiger charge is -2.16. The Morgan fingerprint density at radius 1 is 1.36 bits per heavy atom. The minimum absolute atomic E-state index is 0.0667. The summed E-state index contributed by atoms with van der Waals surface area (Å²) in [6.07, 6.45) is 1.46. The molecule has 0 fully saturated rings. The number of hydrogen-bond donors (Lipinski definition) is 1. The molecular weight excluding hydrogens is 298 g/mol. The molecule has 0 unspecified atom stereocenters. The summed E-state index contributed by atoms with van der Waals surface area (Å²) in [5.41, 5.74) is 1.27. The van der Waals surface area contributed by atoms with E-state index in [-0.39, 0.29) is 5.91 Å². The second-order valence-corrected chi connectivity index (χ2v) is 6.07. The largest absolute Gasteiger partial charge is 0.355 e. The highest BCUT2D eigenvalue weighted by atomic mass is 32.2. The summed E-state index contributed by atoms with van der Waals surface area (Å²) >= 11 is 1.48. The lowest BCUT2D eigenvalue weighted by molar-refractivity contribution is -0.120. The molecule has 118 valence electrons. The van der Waals surface area contributed by atoms with Gasteiger partial charge in [0.15, 0.2) is 0 Å². The molecule has 0 aliphatic rings. The van der Waals surface area contributed by atoms with Gasteiger partial charge in [0.25, 0.3) is 0 Å². The normalized spacial score (nSPS) is 12.1. The molecule has 0 spiro atoms. The molecule has 2 aromatic rings. The molecule has 6 nitrogen and oxygen atoms in total. The van der Waals surface area contributed by atoms with Gasteiger partial charge in [0.05, 0.1) is 0 Å². The van der Waals surface area contributed by atoms with Gasteiger partial charge in [-0.1, -0.05) is 49.0 Å². The molecule has 0 aliphatic heterocycles. The Balaban J connectivity index is 1.71. The number of benzene rings is 1. The molecule has 0 saturated carbocycles. The summed E-state index contributed by atoms with van der Waals surface area (Å²) in [4.78, 5) is 11.9. The molecule has 1 aromatic carbocycles. The van der Waals surface area contributed by atoms with Crippen LogP contribution in [0, 0.1) is 0 Å². The molecular formula is C15H21N5OS. The average Bonchev–Trinajstić information content (AvgIpc) is 2.94. The number of amides is 1. The summed E-state index contributed by atoms with van der Waals surface area (Å²) in [6, 6.07) is 10.3. The van der Waals surface area contributed by atoms with E-state index in [4.69, 9.17) is 0 Å². The van der Waals surface area contributed by atoms with Crippen LogP contribution < -0.4 is 5.32 Å². The minimum atomic E-state index is 0.0667. The van der Waals surface area contributed by atoms with Gasteiger partial charge in [-0.2, -0.15) is 0 Å². The van der Waals surface area contributed by atoms with Crippen molar-refractivity contribution in [2.45, 2.75) is 30.8 Å². The number of nitrogens with zero attached hydrogens (tertiary/aromatic N) is 4. The van der Waals surface area contributed by atoms with Crippen molar-refractivity contribution in [3.63, 3.8) is 0 Å². The maximum Gasteiger partial charge on any atom is 0.220 e. The minimum Gasteiger partial charge on any atom is -0.355 e. The number of aryl methyl sites for hydroxylation is 1. The number of hydrogen-bond acceptors (Lipinski definition) is 5. The fraction of sp³-hybridized carbons (Fsp3) is 0.467. The second-order valence-electron chi connectivity index (χ2n) is 5.00. The highest BCUT2D eigenvalue weighted by molar-refractivity contribution is 7.99. The fourth-order valence-corrected chi connectivity index (χ4v) is 2.91. The van der Waals surface area contributed by atoms with E-state index < -0.39 is 0 Å². The predicted molar refractivity (Wildman–Crippen MR) is 86.6 cm³/mol. The SMILES string of the molecule is CC[C@H](CNC(=O)CCSc1nnnn1C)c1ccccc1. The molecule has 1 amide bonds. The van der Waals surface area contributed by atoms with Gasteiger partial charge in [0.2, 0.25) is 11.1 Å². The first-order valence-electron chi connectivity index (χ1n) is 7.37. The van der Waals surface area contributed by atoms with Crippen molar-refractivity contribution in [1.82, 2.24) is 25.5 Å². The topological polar surface area (TPSA) is 72.7 Å². The number of tetrazole rings is 1. The van der Waals surface area contributed by atoms with E-state index in [0.29, 0.717) is 24.6 Å². The van der Waals surface area contributed by atoms with Gasteiger partial charge in [-0.05, 0) is 22.4 Å². The highest BCUT2D eigenvalue weighted by Gasteiger charge is 2.11. The summed E-state index contributed by atoms with van der Waals surface area (Å²) < 4.78 is 1.60. The van der Waals surface area contributed by atoms with Gasteiger partial charge in [0, 0.05) is 31.7 Å². The molecule has 7 heteroatoms. The zero-order valence-electron chi connectivity index (χ0n) is 12.9. The zero-order chi connectivity index (χ0) is 15.8. The molecule has 2 rings (SSSR count). The van der Waals surface area contributed by atoms with Gasteiger partial charge in [0.1, 0.15) is 0 Å². The van der Waals surface area contributed by atoms with Crippen LogP contribution in [0.1, 0.15) is 31.2 Å². The second kappa shape index (κ2) is 8.53. The zero-order valence-corrected chi connectivity index (χ0v) is 13.7. The molecule has 0 saturated heterocycles. The van der Waals surface area contributed by atoms with Gasteiger partial charge in [-0.3, -0.25) is 4.79 Å². The molecule has 0 aliphatic carbocycles. The van der Waals surface area contributed by atoms with Crippen LogP contribution in [-0.2, 0) is 11.8 Å². The summed E-state index contributed by atoms with van der Waals surface area (Å²) in [5, 5.41) is 14.9. The van der Waals surface area contributed by atoms with Crippen molar-refractivity contribution in [1.29, 1.82) is 0 Å². The maximum atomic E-state index is 11.9. The number of carbonyl (C=O) groups is 1. The van der Waals surface area contributed by atoms with Crippen molar-refractivity contribution >= 4 is 17.7 Å². The number of thioether (sulfide) groups is 1. The molecule has 22 heavy (non-hydrogen) atoms. The predicted octanol–water partition coefficient (Wildman–Crippen LogP) is 2.00. The summed E-state index contributed by atoms with van der Waals surface area (Å²) in [7, 11) is 1.79. The van der Waals surface area contributed by atoms with E-state index in [1.54, 1.807) is 11.7 Å². The highest BCUT2D eigenvalue weighted by Crippen LogP contribution is 2.18. The molecule has 1 N–H and O–H groups in total. The maximum absolute atomic E-state index is 11.9. The van der Waals surface area contributed by atoms with Crippen LogP contribution in [0.4, 0.5) is 0 Å². The first-order valence-corrected chi connectivity index (χ1v) is 8.36. The van der Waals surface area contributed by atoms with Crippen LogP contribution in [-0.4, -0.2) is 38.4 Å². The van der Waals surface area contributed by atoms with Crippen molar-refractivity contribution in [2.75, 3.05) is 12.3 Å². The number of aromatic nitrogens is 4. The van der Waals surface area contributed by atoms with Gasteiger partial charge in [-0.25, -0.2) is 4.68 Å². The first kappa shape index (κ1) is 16.5. The van der Waals surface area contributed by atoms with E-state index in [2.05, 4.69) is 39.9 Å². The Hall–Kier alpha value is -1.89. The molecule has 1 heterocycles. The quantitative estimate of drug-likeness (QED) is 0.754. The summed E-state index contributed by atoms with van der Waals surface area (Å²) in [5.74, 6) is 1.10. The third-order valence-electron chi connectivity index (χ3n) is 3.45. The van der Waals surface area contributed by atoms with Crippen LogP contribution in [0.5, 0.6) is 0 Å². The van der Waals surface area contributed by atoms with E-state index >= 15 is 0 Å². The Bertz CT molecular complexity index is 587. The van der Waals surface area contributed by atoms with Crippen LogP contribution in [0.2, 0.25) is 0 Å². The van der Waals surface area contributed by atoms with Crippen molar-refractivity contribution in [3.8, 4) is 0 Å².